The summed E-state index contributed by atoms with van der Waals surface area (Å²) >= 11 is 0. The maximum atomic E-state index is 5.91. The summed E-state index contributed by atoms with van der Waals surface area (Å²) in [5.41, 5.74) is 7.51. The first-order chi connectivity index (χ1) is 8.27. The van der Waals surface area contributed by atoms with E-state index in [9.17, 15) is 0 Å². The van der Waals surface area contributed by atoms with Crippen LogP contribution in [-0.4, -0.2) is 16.1 Å². The zero-order valence-corrected chi connectivity index (χ0v) is 12.8. The van der Waals surface area contributed by atoms with Crippen molar-refractivity contribution in [2.24, 2.45) is 23.0 Å². The quantitative estimate of drug-likeness (QED) is 0.873. The Morgan fingerprint density at radius 3 is 2.33 bits per heavy atom. The summed E-state index contributed by atoms with van der Waals surface area (Å²) in [4.78, 5) is 4.32. The fourth-order valence-electron chi connectivity index (χ4n) is 2.10. The fraction of sp³-hybridized carbons (Fsp3) is 0.800. The van der Waals surface area contributed by atoms with Crippen molar-refractivity contribution >= 4 is 0 Å². The van der Waals surface area contributed by atoms with Gasteiger partial charge in [0.1, 0.15) is 0 Å². The number of rotatable bonds is 5. The Bertz CT molecular complexity index is 360. The van der Waals surface area contributed by atoms with Crippen molar-refractivity contribution in [1.29, 1.82) is 0 Å². The minimum Gasteiger partial charge on any atom is -0.334 e. The summed E-state index contributed by atoms with van der Waals surface area (Å²) < 4.78 is 2.29. The van der Waals surface area contributed by atoms with Crippen LogP contribution in [0.25, 0.3) is 0 Å². The molecule has 0 radical (unpaired) electrons. The molecule has 1 heterocycles. The highest BCUT2D eigenvalue weighted by molar-refractivity contribution is 5.08. The van der Waals surface area contributed by atoms with E-state index in [0.29, 0.717) is 29.7 Å². The normalized spacial score (nSPS) is 16.0. The van der Waals surface area contributed by atoms with Gasteiger partial charge in [0.25, 0.3) is 0 Å². The third-order valence-corrected chi connectivity index (χ3v) is 4.13. The first-order valence-corrected chi connectivity index (χ1v) is 6.97. The van der Waals surface area contributed by atoms with Crippen molar-refractivity contribution in [2.75, 3.05) is 6.54 Å². The van der Waals surface area contributed by atoms with Crippen LogP contribution in [0.5, 0.6) is 0 Å². The molecular weight excluding hydrogens is 222 g/mol. The number of nitrogens with zero attached hydrogens (tertiary/aromatic N) is 2. The van der Waals surface area contributed by atoms with E-state index in [2.05, 4.69) is 51.1 Å². The first-order valence-electron chi connectivity index (χ1n) is 6.97. The minimum atomic E-state index is 0.317. The summed E-state index contributed by atoms with van der Waals surface area (Å²) in [5, 5.41) is 0. The molecule has 1 rings (SSSR count). The highest BCUT2D eigenvalue weighted by Crippen LogP contribution is 2.29. The van der Waals surface area contributed by atoms with Gasteiger partial charge in [0.2, 0.25) is 0 Å². The number of imidazole rings is 1. The largest absolute Gasteiger partial charge is 0.334 e. The van der Waals surface area contributed by atoms with Crippen LogP contribution >= 0.6 is 0 Å². The SMILES string of the molecule is CC(C)C(CN)c1cncn1CC(C)C(C)(C)C. The molecule has 0 fully saturated rings. The lowest BCUT2D eigenvalue weighted by Crippen LogP contribution is -2.26. The first kappa shape index (κ1) is 15.2. The molecule has 2 unspecified atom stereocenters. The third kappa shape index (κ3) is 3.58. The Hall–Kier alpha value is -0.830. The van der Waals surface area contributed by atoms with E-state index >= 15 is 0 Å². The van der Waals surface area contributed by atoms with Crippen molar-refractivity contribution in [2.45, 2.75) is 54.0 Å². The van der Waals surface area contributed by atoms with Crippen LogP contribution in [0.1, 0.15) is 53.2 Å². The highest BCUT2D eigenvalue weighted by Gasteiger charge is 2.23. The van der Waals surface area contributed by atoms with Crippen LogP contribution in [0.15, 0.2) is 12.5 Å². The van der Waals surface area contributed by atoms with E-state index in [1.165, 1.54) is 5.69 Å². The fourth-order valence-corrected chi connectivity index (χ4v) is 2.10. The van der Waals surface area contributed by atoms with Gasteiger partial charge in [-0.3, -0.25) is 0 Å². The second-order valence-electron chi connectivity index (χ2n) is 6.82. The van der Waals surface area contributed by atoms with Crippen molar-refractivity contribution in [3.05, 3.63) is 18.2 Å². The molecule has 18 heavy (non-hydrogen) atoms. The molecule has 3 nitrogen and oxygen atoms in total. The Labute approximate surface area is 112 Å². The maximum absolute atomic E-state index is 5.91. The van der Waals surface area contributed by atoms with Gasteiger partial charge >= 0.3 is 0 Å². The molecule has 0 aliphatic rings. The minimum absolute atomic E-state index is 0.317. The molecule has 0 aliphatic carbocycles. The molecule has 1 aromatic rings. The van der Waals surface area contributed by atoms with Gasteiger partial charge < -0.3 is 10.3 Å². The van der Waals surface area contributed by atoms with E-state index in [1.54, 1.807) is 0 Å². The second-order valence-corrected chi connectivity index (χ2v) is 6.82. The molecule has 0 aromatic carbocycles. The van der Waals surface area contributed by atoms with Crippen molar-refractivity contribution in [3.63, 3.8) is 0 Å². The average Bonchev–Trinajstić information content (AvgIpc) is 2.65. The number of nitrogens with two attached hydrogens (primary N) is 1. The van der Waals surface area contributed by atoms with Crippen molar-refractivity contribution in [3.8, 4) is 0 Å². The molecule has 2 N–H and O–H groups in total. The topological polar surface area (TPSA) is 43.8 Å². The maximum Gasteiger partial charge on any atom is 0.0948 e. The van der Waals surface area contributed by atoms with E-state index in [0.717, 1.165) is 6.54 Å². The molecule has 0 saturated carbocycles. The van der Waals surface area contributed by atoms with E-state index in [4.69, 9.17) is 5.73 Å². The van der Waals surface area contributed by atoms with Gasteiger partial charge in [-0.05, 0) is 17.3 Å². The molecule has 0 saturated heterocycles. The molecule has 0 bridgehead atoms. The lowest BCUT2D eigenvalue weighted by molar-refractivity contribution is 0.229. The number of aromatic nitrogens is 2. The zero-order valence-electron chi connectivity index (χ0n) is 12.8. The van der Waals surface area contributed by atoms with E-state index < -0.39 is 0 Å². The summed E-state index contributed by atoms with van der Waals surface area (Å²) in [6, 6.07) is 0. The van der Waals surface area contributed by atoms with Crippen LogP contribution in [0.2, 0.25) is 0 Å². The third-order valence-electron chi connectivity index (χ3n) is 4.13. The van der Waals surface area contributed by atoms with Gasteiger partial charge in [0, 0.05) is 30.9 Å². The molecule has 0 amide bonds. The van der Waals surface area contributed by atoms with Crippen molar-refractivity contribution < 1.29 is 0 Å². The lowest BCUT2D eigenvalue weighted by Gasteiger charge is -2.29. The van der Waals surface area contributed by atoms with Crippen LogP contribution in [0.3, 0.4) is 0 Å². The molecule has 2 atom stereocenters. The Balaban J connectivity index is 2.89. The summed E-state index contributed by atoms with van der Waals surface area (Å²) in [7, 11) is 0. The second kappa shape index (κ2) is 5.87. The van der Waals surface area contributed by atoms with Crippen LogP contribution < -0.4 is 5.73 Å². The predicted octanol–water partition coefficient (Wildman–Crippen LogP) is 3.26. The van der Waals surface area contributed by atoms with Crippen LogP contribution in [0, 0.1) is 17.3 Å². The van der Waals surface area contributed by atoms with Gasteiger partial charge in [0.15, 0.2) is 0 Å². The Kier molecular flexibility index (Phi) is 4.97. The highest BCUT2D eigenvalue weighted by atomic mass is 15.1. The molecule has 0 aliphatic heterocycles. The van der Waals surface area contributed by atoms with Gasteiger partial charge in [0.05, 0.1) is 6.33 Å². The lowest BCUT2D eigenvalue weighted by atomic mass is 9.82. The van der Waals surface area contributed by atoms with E-state index in [1.807, 2.05) is 12.5 Å². The Morgan fingerprint density at radius 2 is 1.89 bits per heavy atom. The zero-order chi connectivity index (χ0) is 13.9. The molecule has 1 aromatic heterocycles. The molecular formula is C15H29N3. The number of hydrogen-bond donors (Lipinski definition) is 1. The van der Waals surface area contributed by atoms with Crippen LogP contribution in [0.4, 0.5) is 0 Å². The summed E-state index contributed by atoms with van der Waals surface area (Å²) in [6.07, 6.45) is 3.93. The number of hydrogen-bond acceptors (Lipinski definition) is 2. The Morgan fingerprint density at radius 1 is 1.28 bits per heavy atom. The summed E-state index contributed by atoms with van der Waals surface area (Å²) in [6.45, 7) is 15.3. The smallest absolute Gasteiger partial charge is 0.0948 e. The molecule has 3 heteroatoms. The molecule has 0 spiro atoms. The average molecular weight is 251 g/mol. The summed E-state index contributed by atoms with van der Waals surface area (Å²) in [5.74, 6) is 1.56. The van der Waals surface area contributed by atoms with Crippen LogP contribution in [-0.2, 0) is 6.54 Å². The van der Waals surface area contributed by atoms with Gasteiger partial charge in [-0.1, -0.05) is 41.5 Å². The molecule has 104 valence electrons. The standard InChI is InChI=1S/C15H29N3/c1-11(2)13(7-16)14-8-17-10-18(14)9-12(3)15(4,5)6/h8,10-13H,7,9,16H2,1-6H3. The van der Waals surface area contributed by atoms with Gasteiger partial charge in [-0.25, -0.2) is 4.98 Å². The van der Waals surface area contributed by atoms with Gasteiger partial charge in [-0.2, -0.15) is 0 Å². The monoisotopic (exact) mass is 251 g/mol. The van der Waals surface area contributed by atoms with E-state index in [-0.39, 0.29) is 0 Å². The van der Waals surface area contributed by atoms with Gasteiger partial charge in [-0.15, -0.1) is 0 Å². The van der Waals surface area contributed by atoms with Crippen molar-refractivity contribution in [1.82, 2.24) is 9.55 Å². The predicted molar refractivity (Wildman–Crippen MR) is 77.5 cm³/mol.